The molecular weight excluding hydrogens is 354 g/mol. The van der Waals surface area contributed by atoms with Gasteiger partial charge in [0.05, 0.1) is 5.69 Å². The molecule has 0 spiro atoms. The van der Waals surface area contributed by atoms with Crippen LogP contribution >= 0.6 is 0 Å². The van der Waals surface area contributed by atoms with Crippen LogP contribution in [0.4, 0.5) is 11.4 Å². The van der Waals surface area contributed by atoms with Gasteiger partial charge in [0.25, 0.3) is 11.8 Å². The highest BCUT2D eigenvalue weighted by molar-refractivity contribution is 6.06. The molecule has 1 atom stereocenters. The molecule has 3 aromatic rings. The Morgan fingerprint density at radius 3 is 2.57 bits per heavy atom. The first kappa shape index (κ1) is 17.7. The average molecular weight is 374 g/mol. The molecule has 0 fully saturated rings. The molecule has 2 aromatic carbocycles. The average Bonchev–Trinajstić information content (AvgIpc) is 2.69. The van der Waals surface area contributed by atoms with Crippen molar-refractivity contribution < 1.29 is 19.3 Å². The van der Waals surface area contributed by atoms with E-state index >= 15 is 0 Å². The minimum atomic E-state index is -0.907. The number of anilines is 2. The molecule has 2 N–H and O–H groups in total. The van der Waals surface area contributed by atoms with Crippen molar-refractivity contribution in [1.29, 1.82) is 0 Å². The summed E-state index contributed by atoms with van der Waals surface area (Å²) >= 11 is 0. The number of rotatable bonds is 3. The summed E-state index contributed by atoms with van der Waals surface area (Å²) in [5.41, 5.74) is 2.60. The van der Waals surface area contributed by atoms with Crippen molar-refractivity contribution in [1.82, 2.24) is 0 Å². The van der Waals surface area contributed by atoms with Crippen molar-refractivity contribution in [3.63, 3.8) is 0 Å². The molecule has 4 rings (SSSR count). The second kappa shape index (κ2) is 7.15. The van der Waals surface area contributed by atoms with Crippen molar-refractivity contribution in [2.24, 2.45) is 0 Å². The van der Waals surface area contributed by atoms with Crippen LogP contribution < -0.4 is 14.8 Å². The van der Waals surface area contributed by atoms with Crippen molar-refractivity contribution in [2.45, 2.75) is 19.5 Å². The molecule has 1 aliphatic rings. The zero-order valence-corrected chi connectivity index (χ0v) is 15.4. The molecule has 0 radical (unpaired) electrons. The van der Waals surface area contributed by atoms with Crippen LogP contribution in [0.15, 0.2) is 72.9 Å². The Bertz CT molecular complexity index is 1060. The summed E-state index contributed by atoms with van der Waals surface area (Å²) in [7, 11) is 0. The Morgan fingerprint density at radius 1 is 1.07 bits per heavy atom. The van der Waals surface area contributed by atoms with E-state index in [2.05, 4.69) is 5.32 Å². The van der Waals surface area contributed by atoms with Crippen LogP contribution in [0, 0.1) is 6.92 Å². The minimum Gasteiger partial charge on any atom is -0.506 e. The maximum Gasteiger partial charge on any atom is 0.294 e. The fourth-order valence-electron chi connectivity index (χ4n) is 3.49. The van der Waals surface area contributed by atoms with Gasteiger partial charge in [-0.1, -0.05) is 36.4 Å². The number of hydrogen-bond donors (Lipinski definition) is 2. The molecule has 2 amide bonds. The van der Waals surface area contributed by atoms with Crippen LogP contribution in [0.2, 0.25) is 0 Å². The summed E-state index contributed by atoms with van der Waals surface area (Å²) < 4.78 is 1.76. The second-order valence-corrected chi connectivity index (χ2v) is 6.71. The second-order valence-electron chi connectivity index (χ2n) is 6.71. The Morgan fingerprint density at radius 2 is 1.79 bits per heavy atom. The molecule has 6 nitrogen and oxygen atoms in total. The number of aryl methyl sites for hydroxylation is 1. The molecule has 28 heavy (non-hydrogen) atoms. The number of para-hydroxylation sites is 3. The van der Waals surface area contributed by atoms with E-state index in [0.717, 1.165) is 5.56 Å². The molecule has 0 unspecified atom stereocenters. The lowest BCUT2D eigenvalue weighted by Gasteiger charge is -2.32. The number of pyridine rings is 1. The number of aromatic hydroxyl groups is 1. The van der Waals surface area contributed by atoms with E-state index in [4.69, 9.17) is 0 Å². The zero-order valence-electron chi connectivity index (χ0n) is 15.4. The van der Waals surface area contributed by atoms with E-state index in [1.165, 1.54) is 11.0 Å². The molecule has 140 valence electrons. The van der Waals surface area contributed by atoms with Crippen LogP contribution in [0.5, 0.6) is 5.75 Å². The maximum atomic E-state index is 13.3. The Hall–Kier alpha value is -3.67. The topological polar surface area (TPSA) is 73.5 Å². The highest BCUT2D eigenvalue weighted by atomic mass is 16.3. The highest BCUT2D eigenvalue weighted by Gasteiger charge is 2.44. The van der Waals surface area contributed by atoms with E-state index in [0.29, 0.717) is 17.1 Å². The first-order valence-electron chi connectivity index (χ1n) is 9.01. The van der Waals surface area contributed by atoms with E-state index in [1.807, 2.05) is 49.4 Å². The van der Waals surface area contributed by atoms with E-state index in [9.17, 15) is 14.7 Å². The number of aromatic nitrogens is 1. The fraction of sp³-hybridized carbons (Fsp3) is 0.136. The van der Waals surface area contributed by atoms with Crippen LogP contribution in [0.1, 0.15) is 17.3 Å². The third-order valence-electron chi connectivity index (χ3n) is 4.88. The van der Waals surface area contributed by atoms with Crippen molar-refractivity contribution in [2.75, 3.05) is 10.2 Å². The molecule has 0 aliphatic carbocycles. The molecule has 0 saturated heterocycles. The number of nitrogens with one attached hydrogen (secondary N) is 1. The summed E-state index contributed by atoms with van der Waals surface area (Å²) in [6, 6.07) is 18.6. The number of benzene rings is 2. The lowest BCUT2D eigenvalue weighted by atomic mass is 10.0. The molecule has 0 bridgehead atoms. The summed E-state index contributed by atoms with van der Waals surface area (Å²) in [6.45, 7) is 2.00. The first-order valence-corrected chi connectivity index (χ1v) is 9.01. The first-order chi connectivity index (χ1) is 13.6. The van der Waals surface area contributed by atoms with Gasteiger partial charge in [0.2, 0.25) is 18.3 Å². The van der Waals surface area contributed by atoms with Gasteiger partial charge >= 0.3 is 0 Å². The molecular formula is C22H20N3O3+. The van der Waals surface area contributed by atoms with Crippen molar-refractivity contribution >= 4 is 23.2 Å². The van der Waals surface area contributed by atoms with Crippen molar-refractivity contribution in [3.8, 4) is 5.75 Å². The number of hydrogen-bond acceptors (Lipinski definition) is 3. The lowest BCUT2D eigenvalue weighted by molar-refractivity contribution is -0.695. The molecule has 2 heterocycles. The predicted molar refractivity (Wildman–Crippen MR) is 105 cm³/mol. The third-order valence-corrected chi connectivity index (χ3v) is 4.88. The Kier molecular flexibility index (Phi) is 4.53. The summed E-state index contributed by atoms with van der Waals surface area (Å²) in [5, 5.41) is 13.3. The smallest absolute Gasteiger partial charge is 0.294 e. The number of amides is 2. The highest BCUT2D eigenvalue weighted by Crippen LogP contribution is 2.35. The van der Waals surface area contributed by atoms with Crippen LogP contribution in [0.25, 0.3) is 0 Å². The van der Waals surface area contributed by atoms with Gasteiger partial charge in [0.1, 0.15) is 5.75 Å². The number of carbonyl (C=O) groups excluding carboxylic acids is 2. The normalized spacial score (nSPS) is 15.8. The monoisotopic (exact) mass is 374 g/mol. The number of phenols is 1. The van der Waals surface area contributed by atoms with Gasteiger partial charge in [0, 0.05) is 17.8 Å². The maximum absolute atomic E-state index is 13.3. The number of phenolic OH excluding ortho intramolecular Hbond substituents is 1. The van der Waals surface area contributed by atoms with E-state index < -0.39 is 6.04 Å². The standard InChI is InChI=1S/C22H19N3O3/c1-15-8-2-3-9-16(15)23-22(28)21-18-11-6-7-13-24(18)14-20(27)25(21)17-10-4-5-12-19(17)26/h2-13,21H,14H2,1H3,(H-,23,26,28)/p+1/t21-/m0/s1. The third kappa shape index (κ3) is 3.09. The predicted octanol–water partition coefficient (Wildman–Crippen LogP) is 2.71. The van der Waals surface area contributed by atoms with Gasteiger partial charge in [0.15, 0.2) is 6.20 Å². The number of nitrogens with zero attached hydrogens (tertiary/aromatic N) is 2. The van der Waals surface area contributed by atoms with E-state index in [1.54, 1.807) is 29.0 Å². The Balaban J connectivity index is 1.81. The van der Waals surface area contributed by atoms with Gasteiger partial charge in [-0.3, -0.25) is 14.5 Å². The van der Waals surface area contributed by atoms with Crippen LogP contribution in [0.3, 0.4) is 0 Å². The zero-order chi connectivity index (χ0) is 19.7. The quantitative estimate of drug-likeness (QED) is 0.693. The summed E-state index contributed by atoms with van der Waals surface area (Å²) in [6.07, 6.45) is 1.78. The van der Waals surface area contributed by atoms with Gasteiger partial charge in [-0.25, -0.2) is 0 Å². The fourth-order valence-corrected chi connectivity index (χ4v) is 3.49. The molecule has 1 aromatic heterocycles. The van der Waals surface area contributed by atoms with Gasteiger partial charge in [-0.05, 0) is 30.7 Å². The molecule has 6 heteroatoms. The number of carbonyl (C=O) groups is 2. The Labute approximate surface area is 162 Å². The van der Waals surface area contributed by atoms with Gasteiger partial charge in [-0.2, -0.15) is 4.57 Å². The number of fused-ring (bicyclic) bond motifs is 1. The minimum absolute atomic E-state index is 0.0473. The summed E-state index contributed by atoms with van der Waals surface area (Å²) in [5.74, 6) is -0.658. The molecule has 1 aliphatic heterocycles. The SMILES string of the molecule is Cc1ccccc1NC(=O)[C@@H]1c2cccc[n+]2CC(=O)N1c1ccccc1O. The van der Waals surface area contributed by atoms with Crippen molar-refractivity contribution in [3.05, 3.63) is 84.2 Å². The largest absolute Gasteiger partial charge is 0.506 e. The molecule has 0 saturated carbocycles. The lowest BCUT2D eigenvalue weighted by Crippen LogP contribution is -2.58. The van der Waals surface area contributed by atoms with Gasteiger partial charge in [-0.15, -0.1) is 0 Å². The van der Waals surface area contributed by atoms with Gasteiger partial charge < -0.3 is 10.4 Å². The van der Waals surface area contributed by atoms with Crippen LogP contribution in [-0.2, 0) is 16.1 Å². The van der Waals surface area contributed by atoms with E-state index in [-0.39, 0.29) is 24.1 Å². The summed E-state index contributed by atoms with van der Waals surface area (Å²) in [4.78, 5) is 27.7. The van der Waals surface area contributed by atoms with Crippen LogP contribution in [-0.4, -0.2) is 16.9 Å².